The summed E-state index contributed by atoms with van der Waals surface area (Å²) in [4.78, 5) is 14.9. The number of aromatic nitrogens is 3. The van der Waals surface area contributed by atoms with Crippen LogP contribution in [-0.4, -0.2) is 15.0 Å². The number of fused-ring (bicyclic) bond motifs is 2. The Balaban J connectivity index is 1.07. The molecule has 7 aromatic carbocycles. The molecule has 9 aromatic rings. The highest BCUT2D eigenvalue weighted by Gasteiger charge is 2.13. The largest absolute Gasteiger partial charge is 0.436 e. The van der Waals surface area contributed by atoms with Crippen LogP contribution < -0.4 is 0 Å². The van der Waals surface area contributed by atoms with Crippen molar-refractivity contribution < 1.29 is 4.42 Å². The first-order chi connectivity index (χ1) is 24.2. The van der Waals surface area contributed by atoms with Gasteiger partial charge in [0.2, 0.25) is 5.89 Å². The second kappa shape index (κ2) is 12.2. The fourth-order valence-corrected chi connectivity index (χ4v) is 6.32. The molecule has 0 unspecified atom stereocenters. The van der Waals surface area contributed by atoms with E-state index < -0.39 is 0 Å². The van der Waals surface area contributed by atoms with Gasteiger partial charge in [-0.3, -0.25) is 0 Å². The second-order valence-electron chi connectivity index (χ2n) is 12.1. The number of rotatable bonds is 6. The molecule has 2 heterocycles. The first-order valence-electron chi connectivity index (χ1n) is 16.3. The van der Waals surface area contributed by atoms with Gasteiger partial charge >= 0.3 is 0 Å². The molecule has 0 aliphatic rings. The molecule has 0 saturated carbocycles. The van der Waals surface area contributed by atoms with E-state index in [1.807, 2.05) is 60.7 Å². The highest BCUT2D eigenvalue weighted by molar-refractivity contribution is 5.92. The molecule has 0 amide bonds. The SMILES string of the molecule is c1ccc(-c2ccc(-c3cc(-c4ccccc4)nc(-c4ccc5cc(-c6ccc7nc(-c8ccccc8)oc7c6)ccc5c4)n3)cc2)cc1. The molecular formula is C45H29N3O. The summed E-state index contributed by atoms with van der Waals surface area (Å²) in [7, 11) is 0. The van der Waals surface area contributed by atoms with Crippen LogP contribution in [0.1, 0.15) is 0 Å². The van der Waals surface area contributed by atoms with E-state index in [-0.39, 0.29) is 0 Å². The summed E-state index contributed by atoms with van der Waals surface area (Å²) in [5.41, 5.74) is 12.0. The number of hydrogen-bond donors (Lipinski definition) is 0. The molecule has 0 aliphatic carbocycles. The zero-order valence-corrected chi connectivity index (χ0v) is 26.5. The Morgan fingerprint density at radius 1 is 0.327 bits per heavy atom. The lowest BCUT2D eigenvalue weighted by atomic mass is 9.99. The molecule has 0 bridgehead atoms. The van der Waals surface area contributed by atoms with Gasteiger partial charge in [0.15, 0.2) is 11.4 Å². The summed E-state index contributed by atoms with van der Waals surface area (Å²) in [5, 5.41) is 2.26. The Morgan fingerprint density at radius 3 is 1.47 bits per heavy atom. The van der Waals surface area contributed by atoms with Crippen molar-refractivity contribution in [1.29, 1.82) is 0 Å². The van der Waals surface area contributed by atoms with Crippen molar-refractivity contribution in [1.82, 2.24) is 15.0 Å². The minimum Gasteiger partial charge on any atom is -0.436 e. The van der Waals surface area contributed by atoms with E-state index in [1.165, 1.54) is 11.1 Å². The smallest absolute Gasteiger partial charge is 0.227 e. The predicted octanol–water partition coefficient (Wildman–Crippen LogP) is 11.8. The topological polar surface area (TPSA) is 51.8 Å². The van der Waals surface area contributed by atoms with Crippen LogP contribution in [0.15, 0.2) is 180 Å². The van der Waals surface area contributed by atoms with Crippen molar-refractivity contribution in [2.75, 3.05) is 0 Å². The van der Waals surface area contributed by atoms with E-state index in [1.54, 1.807) is 0 Å². The third-order valence-electron chi connectivity index (χ3n) is 8.92. The highest BCUT2D eigenvalue weighted by Crippen LogP contribution is 2.33. The number of oxazole rings is 1. The van der Waals surface area contributed by atoms with Crippen molar-refractivity contribution in [3.63, 3.8) is 0 Å². The van der Waals surface area contributed by atoms with Gasteiger partial charge in [0.25, 0.3) is 0 Å². The first-order valence-corrected chi connectivity index (χ1v) is 16.3. The third kappa shape index (κ3) is 5.66. The van der Waals surface area contributed by atoms with Gasteiger partial charge in [0.05, 0.1) is 11.4 Å². The van der Waals surface area contributed by atoms with Crippen LogP contribution in [0, 0.1) is 0 Å². The maximum Gasteiger partial charge on any atom is 0.227 e. The maximum absolute atomic E-state index is 6.15. The minimum atomic E-state index is 0.629. The molecule has 0 aliphatic heterocycles. The molecule has 0 fully saturated rings. The van der Waals surface area contributed by atoms with Crippen molar-refractivity contribution in [2.45, 2.75) is 0 Å². The van der Waals surface area contributed by atoms with E-state index in [0.717, 1.165) is 66.6 Å². The Labute approximate surface area is 284 Å². The molecule has 2 aromatic heterocycles. The summed E-state index contributed by atoms with van der Waals surface area (Å²) in [6.45, 7) is 0. The van der Waals surface area contributed by atoms with Crippen LogP contribution in [0.2, 0.25) is 0 Å². The lowest BCUT2D eigenvalue weighted by Gasteiger charge is -2.11. The molecule has 0 radical (unpaired) electrons. The van der Waals surface area contributed by atoms with Crippen LogP contribution >= 0.6 is 0 Å². The lowest BCUT2D eigenvalue weighted by molar-refractivity contribution is 0.620. The minimum absolute atomic E-state index is 0.629. The molecule has 0 spiro atoms. The third-order valence-corrected chi connectivity index (χ3v) is 8.92. The van der Waals surface area contributed by atoms with Crippen molar-refractivity contribution in [3.05, 3.63) is 176 Å². The Bertz CT molecular complexity index is 2580. The van der Waals surface area contributed by atoms with E-state index in [0.29, 0.717) is 11.7 Å². The van der Waals surface area contributed by atoms with Crippen LogP contribution in [0.25, 0.3) is 89.5 Å². The fourth-order valence-electron chi connectivity index (χ4n) is 6.32. The number of benzene rings is 7. The van der Waals surface area contributed by atoms with E-state index in [2.05, 4.69) is 115 Å². The second-order valence-corrected chi connectivity index (χ2v) is 12.1. The van der Waals surface area contributed by atoms with Gasteiger partial charge in [-0.25, -0.2) is 15.0 Å². The van der Waals surface area contributed by atoms with Crippen molar-refractivity contribution in [3.8, 4) is 67.6 Å². The van der Waals surface area contributed by atoms with Crippen LogP contribution in [0.4, 0.5) is 0 Å². The lowest BCUT2D eigenvalue weighted by Crippen LogP contribution is -1.96. The number of hydrogen-bond acceptors (Lipinski definition) is 4. The van der Waals surface area contributed by atoms with Gasteiger partial charge in [0, 0.05) is 22.3 Å². The van der Waals surface area contributed by atoms with E-state index >= 15 is 0 Å². The van der Waals surface area contributed by atoms with Crippen LogP contribution in [0.3, 0.4) is 0 Å². The quantitative estimate of drug-likeness (QED) is 0.184. The average molecular weight is 628 g/mol. The van der Waals surface area contributed by atoms with Crippen LogP contribution in [-0.2, 0) is 0 Å². The summed E-state index contributed by atoms with van der Waals surface area (Å²) < 4.78 is 6.15. The molecular weight excluding hydrogens is 599 g/mol. The molecule has 230 valence electrons. The van der Waals surface area contributed by atoms with Gasteiger partial charge in [-0.15, -0.1) is 0 Å². The number of nitrogens with zero attached hydrogens (tertiary/aromatic N) is 3. The molecule has 0 atom stereocenters. The molecule has 4 heteroatoms. The van der Waals surface area contributed by atoms with E-state index in [9.17, 15) is 0 Å². The summed E-state index contributed by atoms with van der Waals surface area (Å²) >= 11 is 0. The summed E-state index contributed by atoms with van der Waals surface area (Å²) in [6.07, 6.45) is 0. The predicted molar refractivity (Wildman–Crippen MR) is 200 cm³/mol. The van der Waals surface area contributed by atoms with Crippen molar-refractivity contribution >= 4 is 21.9 Å². The molecule has 4 nitrogen and oxygen atoms in total. The maximum atomic E-state index is 6.15. The standard InChI is InChI=1S/C45H29N3O/c1-4-10-30(11-5-1)31-16-18-33(19-17-31)42-29-41(32-12-6-2-7-13-32)46-44(47-42)39-23-22-35-26-36(20-21-37(35)27-39)38-24-25-40-43(28-38)49-45(48-40)34-14-8-3-9-15-34/h1-29H. The molecule has 0 N–H and O–H groups in total. The Morgan fingerprint density at radius 2 is 0.796 bits per heavy atom. The van der Waals surface area contributed by atoms with Gasteiger partial charge in [-0.05, 0) is 75.5 Å². The van der Waals surface area contributed by atoms with Crippen molar-refractivity contribution in [2.24, 2.45) is 0 Å². The monoisotopic (exact) mass is 627 g/mol. The zero-order valence-electron chi connectivity index (χ0n) is 26.5. The summed E-state index contributed by atoms with van der Waals surface area (Å²) in [5.74, 6) is 1.32. The van der Waals surface area contributed by atoms with Gasteiger partial charge in [0.1, 0.15) is 5.52 Å². The van der Waals surface area contributed by atoms with Crippen LogP contribution in [0.5, 0.6) is 0 Å². The fraction of sp³-hybridized carbons (Fsp3) is 0. The molecule has 0 saturated heterocycles. The average Bonchev–Trinajstić information content (AvgIpc) is 3.62. The van der Waals surface area contributed by atoms with Gasteiger partial charge in [-0.2, -0.15) is 0 Å². The highest BCUT2D eigenvalue weighted by atomic mass is 16.3. The Hall–Kier alpha value is -6.65. The normalized spacial score (nSPS) is 11.3. The van der Waals surface area contributed by atoms with Gasteiger partial charge in [-0.1, -0.05) is 133 Å². The zero-order chi connectivity index (χ0) is 32.6. The molecule has 49 heavy (non-hydrogen) atoms. The van der Waals surface area contributed by atoms with E-state index in [4.69, 9.17) is 19.4 Å². The summed E-state index contributed by atoms with van der Waals surface area (Å²) in [6, 6.07) is 60.6. The first kappa shape index (κ1) is 28.6. The molecule has 9 rings (SSSR count). The van der Waals surface area contributed by atoms with Gasteiger partial charge < -0.3 is 4.42 Å². The Kier molecular flexibility index (Phi) is 7.10.